The molecule has 0 aliphatic carbocycles. The molecule has 2 nitrogen and oxygen atoms in total. The summed E-state index contributed by atoms with van der Waals surface area (Å²) in [7, 11) is 0. The monoisotopic (exact) mass is 188 g/mol. The molecule has 2 heteroatoms. The zero-order valence-electron chi connectivity index (χ0n) is 8.07. The van der Waals surface area contributed by atoms with Gasteiger partial charge in [-0.1, -0.05) is 30.9 Å². The molecule has 0 unspecified atom stereocenters. The third-order valence-electron chi connectivity index (χ3n) is 1.59. The van der Waals surface area contributed by atoms with Crippen molar-refractivity contribution in [3.8, 4) is 0 Å². The Morgan fingerprint density at radius 1 is 1.36 bits per heavy atom. The lowest BCUT2D eigenvalue weighted by molar-refractivity contribution is 0.0638. The molecular weight excluding hydrogens is 176 g/mol. The van der Waals surface area contributed by atoms with E-state index < -0.39 is 0 Å². The van der Waals surface area contributed by atoms with E-state index in [0.717, 1.165) is 0 Å². The minimum Gasteiger partial charge on any atom is -0.424 e. The van der Waals surface area contributed by atoms with Gasteiger partial charge in [0.25, 0.3) is 0 Å². The van der Waals surface area contributed by atoms with Gasteiger partial charge in [0.05, 0.1) is 5.56 Å². The summed E-state index contributed by atoms with van der Waals surface area (Å²) in [4.78, 5) is 11.4. The van der Waals surface area contributed by atoms with Crippen molar-refractivity contribution in [2.45, 2.75) is 6.92 Å². The molecule has 0 heterocycles. The maximum absolute atomic E-state index is 11.4. The van der Waals surface area contributed by atoms with Crippen molar-refractivity contribution < 1.29 is 9.53 Å². The highest BCUT2D eigenvalue weighted by atomic mass is 16.5. The fourth-order valence-electron chi connectivity index (χ4n) is 0.972. The Bertz CT molecular complexity index is 350. The lowest BCUT2D eigenvalue weighted by Gasteiger charge is -2.02. The van der Waals surface area contributed by atoms with Gasteiger partial charge in [0, 0.05) is 0 Å². The molecule has 1 aromatic rings. The van der Waals surface area contributed by atoms with Crippen LogP contribution in [-0.4, -0.2) is 5.97 Å². The summed E-state index contributed by atoms with van der Waals surface area (Å²) in [6.45, 7) is 5.41. The second-order valence-corrected chi connectivity index (χ2v) is 2.72. The van der Waals surface area contributed by atoms with Gasteiger partial charge in [-0.2, -0.15) is 0 Å². The van der Waals surface area contributed by atoms with E-state index >= 15 is 0 Å². The molecule has 0 fully saturated rings. The summed E-state index contributed by atoms with van der Waals surface area (Å²) in [5.41, 5.74) is 0.526. The molecule has 0 saturated heterocycles. The minimum atomic E-state index is -0.381. The van der Waals surface area contributed by atoms with Crippen molar-refractivity contribution in [2.24, 2.45) is 0 Å². The summed E-state index contributed by atoms with van der Waals surface area (Å²) < 4.78 is 4.96. The van der Waals surface area contributed by atoms with Crippen LogP contribution < -0.4 is 0 Å². The molecule has 0 aliphatic rings. The van der Waals surface area contributed by atoms with Crippen LogP contribution in [0.4, 0.5) is 0 Å². The molecule has 1 aromatic carbocycles. The van der Waals surface area contributed by atoms with E-state index in [9.17, 15) is 4.79 Å². The highest BCUT2D eigenvalue weighted by Gasteiger charge is 2.05. The first-order valence-corrected chi connectivity index (χ1v) is 4.33. The fourth-order valence-corrected chi connectivity index (χ4v) is 0.972. The predicted octanol–water partition coefficient (Wildman–Crippen LogP) is 2.93. The lowest BCUT2D eigenvalue weighted by Crippen LogP contribution is -2.02. The van der Waals surface area contributed by atoms with E-state index in [0.29, 0.717) is 11.3 Å². The molecule has 0 aromatic heterocycles. The van der Waals surface area contributed by atoms with Crippen LogP contribution in [0.15, 0.2) is 54.8 Å². The molecule has 0 radical (unpaired) electrons. The zero-order valence-corrected chi connectivity index (χ0v) is 8.07. The second-order valence-electron chi connectivity index (χ2n) is 2.72. The van der Waals surface area contributed by atoms with Gasteiger partial charge in [0.1, 0.15) is 5.76 Å². The van der Waals surface area contributed by atoms with Crippen molar-refractivity contribution in [1.82, 2.24) is 0 Å². The number of carbonyl (C=O) groups excluding carboxylic acids is 1. The topological polar surface area (TPSA) is 26.3 Å². The number of ether oxygens (including phenoxy) is 1. The average molecular weight is 188 g/mol. The smallest absolute Gasteiger partial charge is 0.343 e. The number of benzene rings is 1. The minimum absolute atomic E-state index is 0.348. The molecule has 14 heavy (non-hydrogen) atoms. The van der Waals surface area contributed by atoms with Gasteiger partial charge in [-0.15, -0.1) is 0 Å². The number of allylic oxidation sites excluding steroid dienone is 2. The number of rotatable bonds is 3. The van der Waals surface area contributed by atoms with Gasteiger partial charge < -0.3 is 4.74 Å². The Kier molecular flexibility index (Phi) is 3.68. The first-order chi connectivity index (χ1) is 6.74. The van der Waals surface area contributed by atoms with E-state index in [4.69, 9.17) is 4.74 Å². The van der Waals surface area contributed by atoms with Gasteiger partial charge in [0.2, 0.25) is 0 Å². The summed E-state index contributed by atoms with van der Waals surface area (Å²) in [6.07, 6.45) is 3.40. The van der Waals surface area contributed by atoms with E-state index in [1.165, 1.54) is 0 Å². The van der Waals surface area contributed by atoms with Gasteiger partial charge in [-0.3, -0.25) is 0 Å². The molecule has 0 saturated carbocycles. The summed E-state index contributed by atoms with van der Waals surface area (Å²) in [5, 5.41) is 0. The number of hydrogen-bond donors (Lipinski definition) is 0. The Labute approximate surface area is 83.5 Å². The summed E-state index contributed by atoms with van der Waals surface area (Å²) in [6, 6.07) is 8.82. The Hall–Kier alpha value is -1.83. The highest BCUT2D eigenvalue weighted by molar-refractivity contribution is 5.90. The maximum Gasteiger partial charge on any atom is 0.343 e. The molecule has 0 atom stereocenters. The number of hydrogen-bond acceptors (Lipinski definition) is 2. The average Bonchev–Trinajstić information content (AvgIpc) is 2.19. The second kappa shape index (κ2) is 5.02. The van der Waals surface area contributed by atoms with Gasteiger partial charge >= 0.3 is 5.97 Å². The first-order valence-electron chi connectivity index (χ1n) is 4.33. The fraction of sp³-hybridized carbons (Fsp3) is 0.0833. The standard InChI is InChI=1S/C12H12O2/c1-3-7-10(2)14-12(13)11-8-5-4-6-9-11/h3-9H,2H2,1H3/b7-3-. The van der Waals surface area contributed by atoms with Crippen LogP contribution in [0.5, 0.6) is 0 Å². The highest BCUT2D eigenvalue weighted by Crippen LogP contribution is 2.05. The van der Waals surface area contributed by atoms with Crippen LogP contribution in [-0.2, 0) is 4.74 Å². The predicted molar refractivity (Wildman–Crippen MR) is 55.8 cm³/mol. The van der Waals surface area contributed by atoms with Gasteiger partial charge in [0.15, 0.2) is 0 Å². The summed E-state index contributed by atoms with van der Waals surface area (Å²) in [5.74, 6) is -0.0324. The molecule has 0 N–H and O–H groups in total. The molecule has 1 rings (SSSR count). The van der Waals surface area contributed by atoms with Crippen molar-refractivity contribution in [2.75, 3.05) is 0 Å². The van der Waals surface area contributed by atoms with Crippen LogP contribution >= 0.6 is 0 Å². The largest absolute Gasteiger partial charge is 0.424 e. The third kappa shape index (κ3) is 2.90. The Morgan fingerprint density at radius 3 is 2.57 bits per heavy atom. The SMILES string of the molecule is C=C(/C=C\C)OC(=O)c1ccccc1. The van der Waals surface area contributed by atoms with Crippen LogP contribution in [0.25, 0.3) is 0 Å². The molecular formula is C12H12O2. The lowest BCUT2D eigenvalue weighted by atomic mass is 10.2. The van der Waals surface area contributed by atoms with Crippen LogP contribution in [0.2, 0.25) is 0 Å². The van der Waals surface area contributed by atoms with E-state index in [1.54, 1.807) is 36.4 Å². The Balaban J connectivity index is 2.64. The number of carbonyl (C=O) groups is 1. The van der Waals surface area contributed by atoms with Crippen LogP contribution in [0, 0.1) is 0 Å². The van der Waals surface area contributed by atoms with E-state index in [1.807, 2.05) is 13.0 Å². The molecule has 72 valence electrons. The first kappa shape index (κ1) is 10.3. The van der Waals surface area contributed by atoms with E-state index in [2.05, 4.69) is 6.58 Å². The Morgan fingerprint density at radius 2 is 2.00 bits per heavy atom. The number of esters is 1. The van der Waals surface area contributed by atoms with E-state index in [-0.39, 0.29) is 5.97 Å². The van der Waals surface area contributed by atoms with Gasteiger partial charge in [-0.25, -0.2) is 4.79 Å². The molecule has 0 spiro atoms. The van der Waals surface area contributed by atoms with Crippen molar-refractivity contribution in [3.05, 3.63) is 60.4 Å². The molecule has 0 amide bonds. The summed E-state index contributed by atoms with van der Waals surface area (Å²) >= 11 is 0. The normalized spacial score (nSPS) is 10.1. The van der Waals surface area contributed by atoms with Crippen LogP contribution in [0.1, 0.15) is 17.3 Å². The quantitative estimate of drug-likeness (QED) is 0.414. The molecule has 0 bridgehead atoms. The maximum atomic E-state index is 11.4. The van der Waals surface area contributed by atoms with Gasteiger partial charge in [-0.05, 0) is 25.1 Å². The van der Waals surface area contributed by atoms with Crippen LogP contribution in [0.3, 0.4) is 0 Å². The van der Waals surface area contributed by atoms with Crippen molar-refractivity contribution in [1.29, 1.82) is 0 Å². The zero-order chi connectivity index (χ0) is 10.4. The third-order valence-corrected chi connectivity index (χ3v) is 1.59. The van der Waals surface area contributed by atoms with Crippen molar-refractivity contribution >= 4 is 5.97 Å². The van der Waals surface area contributed by atoms with Crippen molar-refractivity contribution in [3.63, 3.8) is 0 Å². The molecule has 0 aliphatic heterocycles.